The Labute approximate surface area is 95.5 Å². The lowest BCUT2D eigenvalue weighted by Gasteiger charge is -2.03. The van der Waals surface area contributed by atoms with Crippen molar-refractivity contribution in [2.45, 2.75) is 13.5 Å². The maximum atomic E-state index is 11.0. The molecule has 1 heterocycles. The molecule has 0 bridgehead atoms. The van der Waals surface area contributed by atoms with Crippen LogP contribution in [0.15, 0.2) is 28.7 Å². The van der Waals surface area contributed by atoms with Gasteiger partial charge in [-0.15, -0.1) is 0 Å². The van der Waals surface area contributed by atoms with E-state index in [-0.39, 0.29) is 0 Å². The van der Waals surface area contributed by atoms with Gasteiger partial charge in [0.2, 0.25) is 0 Å². The van der Waals surface area contributed by atoms with Crippen LogP contribution >= 0.6 is 15.9 Å². The van der Waals surface area contributed by atoms with Gasteiger partial charge in [-0.25, -0.2) is 4.79 Å². The average molecular weight is 268 g/mol. The van der Waals surface area contributed by atoms with Crippen molar-refractivity contribution in [3.8, 4) is 0 Å². The first kappa shape index (κ1) is 10.2. The molecule has 15 heavy (non-hydrogen) atoms. The summed E-state index contributed by atoms with van der Waals surface area (Å²) in [4.78, 5) is 11.0. The lowest BCUT2D eigenvalue weighted by Crippen LogP contribution is -2.06. The summed E-state index contributed by atoms with van der Waals surface area (Å²) in [7, 11) is 0. The van der Waals surface area contributed by atoms with Crippen molar-refractivity contribution in [3.63, 3.8) is 0 Å². The zero-order chi connectivity index (χ0) is 11.0. The van der Waals surface area contributed by atoms with Gasteiger partial charge in [0.25, 0.3) is 0 Å². The lowest BCUT2D eigenvalue weighted by atomic mass is 10.2. The maximum absolute atomic E-state index is 11.0. The number of aryl methyl sites for hydroxylation is 1. The summed E-state index contributed by atoms with van der Waals surface area (Å²) in [6.45, 7) is 2.59. The van der Waals surface area contributed by atoms with Gasteiger partial charge in [0.1, 0.15) is 5.69 Å². The van der Waals surface area contributed by atoms with Gasteiger partial charge in [0, 0.05) is 21.9 Å². The Morgan fingerprint density at radius 1 is 1.47 bits per heavy atom. The molecule has 4 heteroatoms. The van der Waals surface area contributed by atoms with Crippen molar-refractivity contribution in [2.75, 3.05) is 0 Å². The number of aromatic carboxylic acids is 1. The Hall–Kier alpha value is -1.29. The van der Waals surface area contributed by atoms with Crippen LogP contribution in [0, 0.1) is 0 Å². The fraction of sp³-hybridized carbons (Fsp3) is 0.182. The van der Waals surface area contributed by atoms with Crippen LogP contribution in [-0.2, 0) is 6.54 Å². The van der Waals surface area contributed by atoms with Gasteiger partial charge in [0.15, 0.2) is 0 Å². The minimum atomic E-state index is -0.885. The second kappa shape index (κ2) is 3.70. The van der Waals surface area contributed by atoms with Crippen molar-refractivity contribution < 1.29 is 9.90 Å². The Kier molecular flexibility index (Phi) is 2.52. The molecule has 2 aromatic rings. The van der Waals surface area contributed by atoms with Crippen molar-refractivity contribution in [3.05, 3.63) is 34.4 Å². The zero-order valence-corrected chi connectivity index (χ0v) is 9.78. The smallest absolute Gasteiger partial charge is 0.352 e. The molecule has 0 atom stereocenters. The van der Waals surface area contributed by atoms with Crippen LogP contribution in [0.25, 0.3) is 10.9 Å². The van der Waals surface area contributed by atoms with E-state index < -0.39 is 5.97 Å². The molecule has 3 nitrogen and oxygen atoms in total. The van der Waals surface area contributed by atoms with E-state index in [0.717, 1.165) is 15.4 Å². The summed E-state index contributed by atoms with van der Waals surface area (Å²) in [5.41, 5.74) is 1.29. The van der Waals surface area contributed by atoms with Crippen molar-refractivity contribution in [1.82, 2.24) is 4.57 Å². The van der Waals surface area contributed by atoms with E-state index in [0.29, 0.717) is 12.2 Å². The van der Waals surface area contributed by atoms with Gasteiger partial charge in [-0.1, -0.05) is 22.0 Å². The second-order valence-electron chi connectivity index (χ2n) is 3.28. The molecule has 2 rings (SSSR count). The number of fused-ring (bicyclic) bond motifs is 1. The molecule has 1 aromatic carbocycles. The molecule has 0 radical (unpaired) electrons. The van der Waals surface area contributed by atoms with Crippen LogP contribution < -0.4 is 0 Å². The van der Waals surface area contributed by atoms with E-state index in [4.69, 9.17) is 5.11 Å². The Morgan fingerprint density at radius 2 is 2.20 bits per heavy atom. The molecule has 0 aliphatic heterocycles. The monoisotopic (exact) mass is 267 g/mol. The average Bonchev–Trinajstić information content (AvgIpc) is 2.55. The number of carboxylic acids is 1. The number of halogens is 1. The number of hydrogen-bond donors (Lipinski definition) is 1. The summed E-state index contributed by atoms with van der Waals surface area (Å²) in [5.74, 6) is -0.885. The summed E-state index contributed by atoms with van der Waals surface area (Å²) in [6.07, 6.45) is 0. The molecular weight excluding hydrogens is 258 g/mol. The van der Waals surface area contributed by atoms with Crippen molar-refractivity contribution in [2.24, 2.45) is 0 Å². The minimum Gasteiger partial charge on any atom is -0.477 e. The maximum Gasteiger partial charge on any atom is 0.352 e. The second-order valence-corrected chi connectivity index (χ2v) is 4.20. The number of carbonyl (C=O) groups is 1. The zero-order valence-electron chi connectivity index (χ0n) is 8.20. The summed E-state index contributed by atoms with van der Waals surface area (Å²) >= 11 is 3.38. The molecule has 0 amide bonds. The Balaban J connectivity index is 2.79. The van der Waals surface area contributed by atoms with Gasteiger partial charge in [-0.2, -0.15) is 0 Å². The first-order valence-corrected chi connectivity index (χ1v) is 5.45. The number of nitrogens with zero attached hydrogens (tertiary/aromatic N) is 1. The number of benzene rings is 1. The van der Waals surface area contributed by atoms with E-state index in [9.17, 15) is 4.79 Å². The number of hydrogen-bond acceptors (Lipinski definition) is 1. The number of aromatic nitrogens is 1. The van der Waals surface area contributed by atoms with Gasteiger partial charge in [-0.3, -0.25) is 0 Å². The van der Waals surface area contributed by atoms with Crippen LogP contribution in [0.1, 0.15) is 17.4 Å². The molecule has 0 aliphatic rings. The molecule has 1 N–H and O–H groups in total. The highest BCUT2D eigenvalue weighted by molar-refractivity contribution is 9.10. The van der Waals surface area contributed by atoms with E-state index in [1.807, 2.05) is 25.1 Å². The topological polar surface area (TPSA) is 42.2 Å². The van der Waals surface area contributed by atoms with Crippen LogP contribution in [0.5, 0.6) is 0 Å². The normalized spacial score (nSPS) is 10.8. The molecule has 0 aliphatic carbocycles. The molecule has 78 valence electrons. The Bertz CT molecular complexity index is 531. The molecule has 0 fully saturated rings. The summed E-state index contributed by atoms with van der Waals surface area (Å²) in [5, 5.41) is 9.99. The van der Waals surface area contributed by atoms with Gasteiger partial charge < -0.3 is 9.67 Å². The van der Waals surface area contributed by atoms with E-state index in [2.05, 4.69) is 15.9 Å². The largest absolute Gasteiger partial charge is 0.477 e. The molecule has 0 saturated carbocycles. The van der Waals surface area contributed by atoms with Crippen LogP contribution in [0.2, 0.25) is 0 Å². The molecule has 0 unspecified atom stereocenters. The van der Waals surface area contributed by atoms with Gasteiger partial charge >= 0.3 is 5.97 Å². The fourth-order valence-electron chi connectivity index (χ4n) is 1.75. The molecule has 0 spiro atoms. The Morgan fingerprint density at radius 3 is 2.80 bits per heavy atom. The SMILES string of the molecule is CCn1c(C(=O)O)cc2ccc(Br)cc21. The van der Waals surface area contributed by atoms with Crippen LogP contribution in [0.4, 0.5) is 0 Å². The highest BCUT2D eigenvalue weighted by atomic mass is 79.9. The van der Waals surface area contributed by atoms with E-state index in [1.54, 1.807) is 10.6 Å². The van der Waals surface area contributed by atoms with Gasteiger partial charge in [-0.05, 0) is 25.1 Å². The number of carboxylic acid groups (broad SMARTS) is 1. The predicted octanol–water partition coefficient (Wildman–Crippen LogP) is 3.12. The molecule has 1 aromatic heterocycles. The summed E-state index contributed by atoms with van der Waals surface area (Å²) in [6, 6.07) is 7.46. The predicted molar refractivity (Wildman–Crippen MR) is 62.3 cm³/mol. The molecular formula is C11H10BrNO2. The first-order valence-electron chi connectivity index (χ1n) is 4.65. The van der Waals surface area contributed by atoms with Crippen molar-refractivity contribution in [1.29, 1.82) is 0 Å². The highest BCUT2D eigenvalue weighted by Gasteiger charge is 2.13. The third-order valence-corrected chi connectivity index (χ3v) is 2.89. The first-order chi connectivity index (χ1) is 7.13. The minimum absolute atomic E-state index is 0.339. The van der Waals surface area contributed by atoms with E-state index in [1.165, 1.54) is 0 Å². The third-order valence-electron chi connectivity index (χ3n) is 2.40. The number of rotatable bonds is 2. The van der Waals surface area contributed by atoms with Crippen molar-refractivity contribution >= 4 is 32.8 Å². The highest BCUT2D eigenvalue weighted by Crippen LogP contribution is 2.23. The quantitative estimate of drug-likeness (QED) is 0.909. The van der Waals surface area contributed by atoms with E-state index >= 15 is 0 Å². The standard InChI is InChI=1S/C11H10BrNO2/c1-2-13-9-6-8(12)4-3-7(9)5-10(13)11(14)15/h3-6H,2H2,1H3,(H,14,15). The summed E-state index contributed by atoms with van der Waals surface area (Å²) < 4.78 is 2.75. The van der Waals surface area contributed by atoms with Gasteiger partial charge in [0.05, 0.1) is 0 Å². The molecule has 0 saturated heterocycles. The lowest BCUT2D eigenvalue weighted by molar-refractivity contribution is 0.0686. The third kappa shape index (κ3) is 1.65. The van der Waals surface area contributed by atoms with Crippen LogP contribution in [-0.4, -0.2) is 15.6 Å². The van der Waals surface area contributed by atoms with Crippen LogP contribution in [0.3, 0.4) is 0 Å². The fourth-order valence-corrected chi connectivity index (χ4v) is 2.09.